The Morgan fingerprint density at radius 1 is 1.25 bits per heavy atom. The number of nitrogens with zero attached hydrogens (tertiary/aromatic N) is 1. The SMILES string of the molecule is CCOc1ccc(CCCNC(=O)[C@@H]2CN(S(C)(=O)=O)c3cc(Cl)ccc3O2)cc1OC. The summed E-state index contributed by atoms with van der Waals surface area (Å²) in [7, 11) is -2.01. The Morgan fingerprint density at radius 3 is 2.72 bits per heavy atom. The molecule has 0 fully saturated rings. The second-order valence-corrected chi connectivity index (χ2v) is 9.67. The zero-order valence-corrected chi connectivity index (χ0v) is 19.8. The minimum Gasteiger partial charge on any atom is -0.493 e. The molecule has 0 saturated heterocycles. The van der Waals surface area contributed by atoms with Gasteiger partial charge in [0.1, 0.15) is 5.75 Å². The molecule has 1 aliphatic rings. The minimum atomic E-state index is -3.61. The number of hydrogen-bond acceptors (Lipinski definition) is 6. The molecule has 1 N–H and O–H groups in total. The van der Waals surface area contributed by atoms with Crippen molar-refractivity contribution in [3.8, 4) is 17.2 Å². The number of benzene rings is 2. The molecule has 0 radical (unpaired) electrons. The molecule has 0 bridgehead atoms. The Labute approximate surface area is 193 Å². The van der Waals surface area contributed by atoms with Crippen LogP contribution in [-0.4, -0.2) is 53.5 Å². The van der Waals surface area contributed by atoms with E-state index in [-0.39, 0.29) is 12.5 Å². The number of methoxy groups -OCH3 is 1. The van der Waals surface area contributed by atoms with Gasteiger partial charge in [-0.1, -0.05) is 17.7 Å². The second kappa shape index (κ2) is 10.3. The monoisotopic (exact) mass is 482 g/mol. The molecule has 0 aliphatic carbocycles. The molecule has 174 valence electrons. The fraction of sp³-hybridized carbons (Fsp3) is 0.409. The number of halogens is 1. The van der Waals surface area contributed by atoms with Crippen molar-refractivity contribution in [1.82, 2.24) is 5.32 Å². The normalized spacial score (nSPS) is 15.5. The molecule has 0 aromatic heterocycles. The molecule has 10 heteroatoms. The van der Waals surface area contributed by atoms with Gasteiger partial charge < -0.3 is 19.5 Å². The van der Waals surface area contributed by atoms with E-state index in [1.807, 2.05) is 25.1 Å². The largest absolute Gasteiger partial charge is 0.493 e. The fourth-order valence-electron chi connectivity index (χ4n) is 3.44. The molecule has 3 rings (SSSR count). The molecule has 1 aliphatic heterocycles. The van der Waals surface area contributed by atoms with Crippen LogP contribution in [0.1, 0.15) is 18.9 Å². The number of rotatable bonds is 9. The molecule has 2 aromatic rings. The Morgan fingerprint density at radius 2 is 2.03 bits per heavy atom. The van der Waals surface area contributed by atoms with Gasteiger partial charge >= 0.3 is 0 Å². The Balaban J connectivity index is 1.58. The predicted molar refractivity (Wildman–Crippen MR) is 124 cm³/mol. The van der Waals surface area contributed by atoms with Gasteiger partial charge in [0.2, 0.25) is 10.0 Å². The number of nitrogens with one attached hydrogen (secondary N) is 1. The van der Waals surface area contributed by atoms with Crippen LogP contribution in [0, 0.1) is 0 Å². The standard InChI is InChI=1S/C22H27ClN2O6S/c1-4-30-19-9-7-15(12-20(19)29-2)6-5-11-24-22(26)21-14-25(32(3,27)28)17-13-16(23)8-10-18(17)31-21/h7-10,12-13,21H,4-6,11,14H2,1-3H3,(H,24,26)/t21-/m0/s1. The average molecular weight is 483 g/mol. The number of carbonyl (C=O) groups is 1. The lowest BCUT2D eigenvalue weighted by molar-refractivity contribution is -0.127. The number of amides is 1. The third-order valence-electron chi connectivity index (χ3n) is 4.95. The third kappa shape index (κ3) is 5.77. The van der Waals surface area contributed by atoms with Gasteiger partial charge in [0.05, 0.1) is 32.2 Å². The third-order valence-corrected chi connectivity index (χ3v) is 6.33. The summed E-state index contributed by atoms with van der Waals surface area (Å²) in [6, 6.07) is 10.4. The highest BCUT2D eigenvalue weighted by molar-refractivity contribution is 7.92. The van der Waals surface area contributed by atoms with Gasteiger partial charge in [-0.2, -0.15) is 0 Å². The van der Waals surface area contributed by atoms with Gasteiger partial charge in [-0.3, -0.25) is 9.10 Å². The van der Waals surface area contributed by atoms with Gasteiger partial charge in [0.25, 0.3) is 5.91 Å². The van der Waals surface area contributed by atoms with Crippen molar-refractivity contribution >= 4 is 33.2 Å². The summed E-state index contributed by atoms with van der Waals surface area (Å²) in [6.07, 6.45) is 1.55. The summed E-state index contributed by atoms with van der Waals surface area (Å²) in [5, 5.41) is 3.21. The van der Waals surface area contributed by atoms with Crippen LogP contribution < -0.4 is 23.8 Å². The van der Waals surface area contributed by atoms with E-state index in [1.165, 1.54) is 6.07 Å². The highest BCUT2D eigenvalue weighted by Gasteiger charge is 2.35. The summed E-state index contributed by atoms with van der Waals surface area (Å²) in [6.45, 7) is 2.77. The van der Waals surface area contributed by atoms with Crippen molar-refractivity contribution in [1.29, 1.82) is 0 Å². The van der Waals surface area contributed by atoms with E-state index in [9.17, 15) is 13.2 Å². The first-order valence-corrected chi connectivity index (χ1v) is 12.5. The number of aryl methyl sites for hydroxylation is 1. The lowest BCUT2D eigenvalue weighted by Gasteiger charge is -2.34. The number of ether oxygens (including phenoxy) is 3. The molecule has 2 aromatic carbocycles. The van der Waals surface area contributed by atoms with Gasteiger partial charge in [0, 0.05) is 11.6 Å². The van der Waals surface area contributed by atoms with Gasteiger partial charge in [-0.05, 0) is 55.7 Å². The van der Waals surface area contributed by atoms with E-state index in [2.05, 4.69) is 5.32 Å². The maximum absolute atomic E-state index is 12.7. The first-order chi connectivity index (χ1) is 15.2. The first kappa shape index (κ1) is 24.0. The van der Waals surface area contributed by atoms with E-state index in [1.54, 1.807) is 19.2 Å². The number of fused-ring (bicyclic) bond motifs is 1. The molecular formula is C22H27ClN2O6S. The maximum atomic E-state index is 12.7. The molecule has 0 spiro atoms. The molecule has 8 nitrogen and oxygen atoms in total. The van der Waals surface area contributed by atoms with E-state index in [0.29, 0.717) is 47.5 Å². The molecule has 32 heavy (non-hydrogen) atoms. The van der Waals surface area contributed by atoms with Crippen molar-refractivity contribution in [3.63, 3.8) is 0 Å². The summed E-state index contributed by atoms with van der Waals surface area (Å²) < 4.78 is 42.3. The van der Waals surface area contributed by atoms with Crippen molar-refractivity contribution in [2.24, 2.45) is 0 Å². The van der Waals surface area contributed by atoms with E-state index < -0.39 is 16.1 Å². The molecule has 1 heterocycles. The van der Waals surface area contributed by atoms with Crippen LogP contribution in [0.4, 0.5) is 5.69 Å². The van der Waals surface area contributed by atoms with Crippen molar-refractivity contribution < 1.29 is 27.4 Å². The zero-order valence-electron chi connectivity index (χ0n) is 18.3. The number of hydrogen-bond donors (Lipinski definition) is 1. The highest BCUT2D eigenvalue weighted by atomic mass is 35.5. The quantitative estimate of drug-likeness (QED) is 0.552. The summed E-state index contributed by atoms with van der Waals surface area (Å²) in [5.74, 6) is 1.29. The molecule has 1 atom stereocenters. The van der Waals surface area contributed by atoms with Crippen LogP contribution in [0.5, 0.6) is 17.2 Å². The lowest BCUT2D eigenvalue weighted by atomic mass is 10.1. The predicted octanol–water partition coefficient (Wildman–Crippen LogP) is 3.02. The molecule has 0 saturated carbocycles. The zero-order chi connectivity index (χ0) is 23.3. The van der Waals surface area contributed by atoms with E-state index in [0.717, 1.165) is 22.5 Å². The number of sulfonamides is 1. The van der Waals surface area contributed by atoms with Crippen molar-refractivity contribution in [2.45, 2.75) is 25.9 Å². The molecule has 1 amide bonds. The van der Waals surface area contributed by atoms with Crippen LogP contribution in [0.3, 0.4) is 0 Å². The van der Waals surface area contributed by atoms with Crippen molar-refractivity contribution in [2.75, 3.05) is 37.4 Å². The van der Waals surface area contributed by atoms with E-state index in [4.69, 9.17) is 25.8 Å². The Kier molecular flexibility index (Phi) is 7.73. The summed E-state index contributed by atoms with van der Waals surface area (Å²) in [5.41, 5.74) is 1.39. The molecule has 0 unspecified atom stereocenters. The Hall–Kier alpha value is -2.65. The van der Waals surface area contributed by atoms with Crippen LogP contribution >= 0.6 is 11.6 Å². The van der Waals surface area contributed by atoms with Gasteiger partial charge in [-0.15, -0.1) is 0 Å². The van der Waals surface area contributed by atoms with Crippen molar-refractivity contribution in [3.05, 3.63) is 47.0 Å². The molecular weight excluding hydrogens is 456 g/mol. The summed E-state index contributed by atoms with van der Waals surface area (Å²) in [4.78, 5) is 12.7. The van der Waals surface area contributed by atoms with E-state index >= 15 is 0 Å². The van der Waals surface area contributed by atoms with Gasteiger partial charge in [-0.25, -0.2) is 8.42 Å². The van der Waals surface area contributed by atoms with Crippen LogP contribution in [0.25, 0.3) is 0 Å². The first-order valence-electron chi connectivity index (χ1n) is 10.2. The maximum Gasteiger partial charge on any atom is 0.263 e. The van der Waals surface area contributed by atoms with Crippen LogP contribution in [-0.2, 0) is 21.2 Å². The minimum absolute atomic E-state index is 0.117. The second-order valence-electron chi connectivity index (χ2n) is 7.33. The average Bonchev–Trinajstić information content (AvgIpc) is 2.76. The lowest BCUT2D eigenvalue weighted by Crippen LogP contribution is -2.50. The smallest absolute Gasteiger partial charge is 0.263 e. The fourth-order valence-corrected chi connectivity index (χ4v) is 4.51. The topological polar surface area (TPSA) is 94.2 Å². The Bertz CT molecular complexity index is 1080. The highest BCUT2D eigenvalue weighted by Crippen LogP contribution is 2.37. The van der Waals surface area contributed by atoms with Gasteiger partial charge in [0.15, 0.2) is 17.6 Å². The summed E-state index contributed by atoms with van der Waals surface area (Å²) >= 11 is 6.00. The number of anilines is 1. The number of carbonyl (C=O) groups excluding carboxylic acids is 1. The van der Waals surface area contributed by atoms with Crippen LogP contribution in [0.2, 0.25) is 5.02 Å². The van der Waals surface area contributed by atoms with Crippen LogP contribution in [0.15, 0.2) is 36.4 Å².